The number of hydrogen-bond acceptors (Lipinski definition) is 1. The summed E-state index contributed by atoms with van der Waals surface area (Å²) in [5, 5.41) is 0. The van der Waals surface area contributed by atoms with Crippen molar-refractivity contribution in [1.82, 2.24) is 0 Å². The third kappa shape index (κ3) is 5.11. The predicted molar refractivity (Wildman–Crippen MR) is 94.8 cm³/mol. The van der Waals surface area contributed by atoms with Gasteiger partial charge in [-0.05, 0) is 94.0 Å². The molecule has 0 heterocycles. The van der Waals surface area contributed by atoms with Crippen molar-refractivity contribution in [2.45, 2.75) is 77.6 Å². The van der Waals surface area contributed by atoms with Crippen molar-refractivity contribution in [1.29, 1.82) is 0 Å². The van der Waals surface area contributed by atoms with Crippen LogP contribution in [0.1, 0.15) is 77.6 Å². The van der Waals surface area contributed by atoms with Crippen LogP contribution in [-0.2, 0) is 4.79 Å². The molecule has 2 fully saturated rings. The molecule has 0 bridgehead atoms. The van der Waals surface area contributed by atoms with E-state index in [1.165, 1.54) is 64.2 Å². The summed E-state index contributed by atoms with van der Waals surface area (Å²) in [6, 6.07) is 0. The molecule has 0 unspecified atom stereocenters. The molecule has 0 aromatic rings. The Balaban J connectivity index is 1.69. The molecule has 2 saturated carbocycles. The fourth-order valence-corrected chi connectivity index (χ4v) is 4.58. The van der Waals surface area contributed by atoms with Gasteiger partial charge in [-0.2, -0.15) is 0 Å². The fourth-order valence-electron chi connectivity index (χ4n) is 4.58. The molecule has 2 aliphatic rings. The summed E-state index contributed by atoms with van der Waals surface area (Å²) in [5.74, 6) is 3.47. The minimum atomic E-state index is 0.796. The molecule has 0 amide bonds. The van der Waals surface area contributed by atoms with E-state index in [9.17, 15) is 4.79 Å². The summed E-state index contributed by atoms with van der Waals surface area (Å²) in [7, 11) is 0. The molecule has 2 aliphatic carbocycles. The molecule has 0 aliphatic heterocycles. The van der Waals surface area contributed by atoms with Gasteiger partial charge < -0.3 is 0 Å². The molecule has 0 atom stereocenters. The SMILES string of the molecule is C=C(C1CCC(CC)CC1)C1CCC(CCC=CC=O)CC1. The van der Waals surface area contributed by atoms with Crippen molar-refractivity contribution in [2.75, 3.05) is 0 Å². The molecule has 0 aromatic heterocycles. The van der Waals surface area contributed by atoms with Crippen LogP contribution in [0.4, 0.5) is 0 Å². The van der Waals surface area contributed by atoms with E-state index in [-0.39, 0.29) is 0 Å². The second-order valence-corrected chi connectivity index (χ2v) is 7.56. The quantitative estimate of drug-likeness (QED) is 0.315. The van der Waals surface area contributed by atoms with Crippen LogP contribution in [0.15, 0.2) is 24.3 Å². The molecule has 1 heteroatoms. The number of aldehydes is 1. The van der Waals surface area contributed by atoms with E-state index in [4.69, 9.17) is 0 Å². The van der Waals surface area contributed by atoms with Gasteiger partial charge in [0.05, 0.1) is 0 Å². The third-order valence-corrected chi connectivity index (χ3v) is 6.28. The van der Waals surface area contributed by atoms with E-state index >= 15 is 0 Å². The minimum Gasteiger partial charge on any atom is -0.299 e. The highest BCUT2D eigenvalue weighted by Gasteiger charge is 2.28. The monoisotopic (exact) mass is 302 g/mol. The first-order chi connectivity index (χ1) is 10.7. The Hall–Kier alpha value is -0.850. The highest BCUT2D eigenvalue weighted by atomic mass is 16.1. The molecule has 0 N–H and O–H groups in total. The van der Waals surface area contributed by atoms with Gasteiger partial charge in [-0.1, -0.05) is 31.6 Å². The molecule has 0 radical (unpaired) electrons. The minimum absolute atomic E-state index is 0.796. The average Bonchev–Trinajstić information content (AvgIpc) is 2.59. The summed E-state index contributed by atoms with van der Waals surface area (Å²) in [6.45, 7) is 6.85. The average molecular weight is 303 g/mol. The molecule has 1 nitrogen and oxygen atoms in total. The molecule has 124 valence electrons. The van der Waals surface area contributed by atoms with E-state index < -0.39 is 0 Å². The molecule has 0 saturated heterocycles. The maximum absolute atomic E-state index is 10.3. The summed E-state index contributed by atoms with van der Waals surface area (Å²) >= 11 is 0. The Morgan fingerprint density at radius 3 is 2.00 bits per heavy atom. The van der Waals surface area contributed by atoms with Crippen LogP contribution in [0.25, 0.3) is 0 Å². The maximum Gasteiger partial charge on any atom is 0.142 e. The first-order valence-electron chi connectivity index (χ1n) is 9.53. The standard InChI is InChI=1S/C21H34O/c1-3-18-8-12-20(13-9-18)17(2)21-14-10-19(11-15-21)7-5-4-6-16-22/h4,6,16,18-21H,2-3,5,7-15H2,1H3. The second-order valence-electron chi connectivity index (χ2n) is 7.56. The van der Waals surface area contributed by atoms with Gasteiger partial charge in [0.15, 0.2) is 0 Å². The predicted octanol–water partition coefficient (Wildman–Crippen LogP) is 6.10. The highest BCUT2D eigenvalue weighted by Crippen LogP contribution is 2.42. The van der Waals surface area contributed by atoms with Crippen molar-refractivity contribution in [3.05, 3.63) is 24.3 Å². The van der Waals surface area contributed by atoms with Crippen LogP contribution >= 0.6 is 0 Å². The molecule has 2 rings (SSSR count). The lowest BCUT2D eigenvalue weighted by Gasteiger charge is -2.36. The van der Waals surface area contributed by atoms with Gasteiger partial charge in [-0.15, -0.1) is 0 Å². The first-order valence-corrected chi connectivity index (χ1v) is 9.53. The first kappa shape index (κ1) is 17.5. The third-order valence-electron chi connectivity index (χ3n) is 6.28. The molecule has 0 spiro atoms. The Morgan fingerprint density at radius 1 is 0.955 bits per heavy atom. The van der Waals surface area contributed by atoms with Gasteiger partial charge in [0.2, 0.25) is 0 Å². The lowest BCUT2D eigenvalue weighted by molar-refractivity contribution is -0.104. The van der Waals surface area contributed by atoms with Crippen LogP contribution in [-0.4, -0.2) is 6.29 Å². The van der Waals surface area contributed by atoms with Gasteiger partial charge in [-0.3, -0.25) is 4.79 Å². The van der Waals surface area contributed by atoms with Crippen LogP contribution in [0.2, 0.25) is 0 Å². The fraction of sp³-hybridized carbons (Fsp3) is 0.762. The lowest BCUT2D eigenvalue weighted by atomic mass is 9.70. The van der Waals surface area contributed by atoms with Crippen molar-refractivity contribution < 1.29 is 4.79 Å². The van der Waals surface area contributed by atoms with Crippen LogP contribution in [0.3, 0.4) is 0 Å². The summed E-state index contributed by atoms with van der Waals surface area (Å²) in [4.78, 5) is 10.3. The van der Waals surface area contributed by atoms with Crippen LogP contribution in [0, 0.1) is 23.7 Å². The van der Waals surface area contributed by atoms with E-state index in [0.717, 1.165) is 36.4 Å². The Bertz CT molecular complexity index is 365. The van der Waals surface area contributed by atoms with Gasteiger partial charge in [-0.25, -0.2) is 0 Å². The number of carbonyl (C=O) groups is 1. The second kappa shape index (κ2) is 9.33. The van der Waals surface area contributed by atoms with E-state index in [1.54, 1.807) is 11.6 Å². The van der Waals surface area contributed by atoms with Crippen molar-refractivity contribution in [3.63, 3.8) is 0 Å². The number of carbonyl (C=O) groups excluding carboxylic acids is 1. The topological polar surface area (TPSA) is 17.1 Å². The lowest BCUT2D eigenvalue weighted by Crippen LogP contribution is -2.23. The zero-order valence-corrected chi connectivity index (χ0v) is 14.4. The molecule has 22 heavy (non-hydrogen) atoms. The summed E-state index contributed by atoms with van der Waals surface area (Å²) in [5.41, 5.74) is 1.59. The normalized spacial score (nSPS) is 33.0. The molecular formula is C21H34O. The van der Waals surface area contributed by atoms with E-state index in [0.29, 0.717) is 0 Å². The van der Waals surface area contributed by atoms with Gasteiger partial charge in [0, 0.05) is 0 Å². The summed E-state index contributed by atoms with van der Waals surface area (Å²) in [6.07, 6.45) is 19.3. The zero-order chi connectivity index (χ0) is 15.8. The largest absolute Gasteiger partial charge is 0.299 e. The number of hydrogen-bond donors (Lipinski definition) is 0. The Kier molecular flexibility index (Phi) is 7.42. The smallest absolute Gasteiger partial charge is 0.142 e. The molecular weight excluding hydrogens is 268 g/mol. The zero-order valence-electron chi connectivity index (χ0n) is 14.4. The van der Waals surface area contributed by atoms with Crippen molar-refractivity contribution in [2.24, 2.45) is 23.7 Å². The summed E-state index contributed by atoms with van der Waals surface area (Å²) < 4.78 is 0. The maximum atomic E-state index is 10.3. The highest BCUT2D eigenvalue weighted by molar-refractivity contribution is 5.64. The van der Waals surface area contributed by atoms with Crippen LogP contribution in [0.5, 0.6) is 0 Å². The van der Waals surface area contributed by atoms with Crippen molar-refractivity contribution in [3.8, 4) is 0 Å². The van der Waals surface area contributed by atoms with Crippen molar-refractivity contribution >= 4 is 6.29 Å². The van der Waals surface area contributed by atoms with Gasteiger partial charge >= 0.3 is 0 Å². The number of rotatable bonds is 7. The Morgan fingerprint density at radius 2 is 1.50 bits per heavy atom. The van der Waals surface area contributed by atoms with E-state index in [1.807, 2.05) is 6.08 Å². The number of allylic oxidation sites excluding steroid dienone is 3. The Labute approximate surface area is 137 Å². The van der Waals surface area contributed by atoms with Gasteiger partial charge in [0.1, 0.15) is 6.29 Å². The molecule has 0 aromatic carbocycles. The van der Waals surface area contributed by atoms with Gasteiger partial charge in [0.25, 0.3) is 0 Å². The van der Waals surface area contributed by atoms with Crippen LogP contribution < -0.4 is 0 Å². The van der Waals surface area contributed by atoms with E-state index in [2.05, 4.69) is 13.5 Å².